The molecule has 0 bridgehead atoms. The molecule has 15 heteroatoms. The van der Waals surface area contributed by atoms with Gasteiger partial charge in [-0.15, -0.1) is 22.7 Å². The number of ether oxygens (including phenoxy) is 3. The van der Waals surface area contributed by atoms with Crippen LogP contribution < -0.4 is 15.4 Å². The number of nitrogens with one attached hydrogen (secondary N) is 2. The van der Waals surface area contributed by atoms with Crippen LogP contribution in [-0.2, 0) is 20.8 Å². The number of carbonyl (C=O) groups is 6. The zero-order valence-electron chi connectivity index (χ0n) is 30.1. The Morgan fingerprint density at radius 3 is 1.94 bits per heavy atom. The Hall–Kier alpha value is -5.41. The van der Waals surface area contributed by atoms with Crippen LogP contribution in [-0.4, -0.2) is 64.2 Å². The maximum Gasteiger partial charge on any atom is 0.414 e. The number of hydrogen-bond acceptors (Lipinski definition) is 12. The number of hydrogen-bond donors (Lipinski definition) is 2. The first-order chi connectivity index (χ1) is 24.2. The number of esters is 1. The SMILES string of the molecule is CC(=O)CN(Cc1csc(C(C)=O)c1)C(=O)c1cc2ccc(OC(=O)c3ccc(N=C(NC(=O)OC(C)(C)C)NC(=O)OC(C)(C)C)cc3)cc2s1. The average Bonchev–Trinajstić information content (AvgIpc) is 3.66. The Bertz CT molecular complexity index is 2000. The first-order valence-corrected chi connectivity index (χ1v) is 17.8. The molecule has 2 N–H and O–H groups in total. The predicted octanol–water partition coefficient (Wildman–Crippen LogP) is 7.65. The van der Waals surface area contributed by atoms with Crippen molar-refractivity contribution in [3.63, 3.8) is 0 Å². The van der Waals surface area contributed by atoms with Crippen LogP contribution in [0.25, 0.3) is 10.1 Å². The van der Waals surface area contributed by atoms with Crippen molar-refractivity contribution < 1.29 is 43.0 Å². The van der Waals surface area contributed by atoms with E-state index in [0.717, 1.165) is 10.9 Å². The highest BCUT2D eigenvalue weighted by molar-refractivity contribution is 7.20. The van der Waals surface area contributed by atoms with Crippen LogP contribution in [0.2, 0.25) is 0 Å². The molecule has 2 aromatic carbocycles. The molecule has 0 radical (unpaired) electrons. The van der Waals surface area contributed by atoms with Crippen LogP contribution in [0.1, 0.15) is 90.7 Å². The number of aliphatic imine (C=N–C) groups is 1. The van der Waals surface area contributed by atoms with E-state index in [0.29, 0.717) is 14.5 Å². The number of thiophene rings is 2. The fraction of sp³-hybridized carbons (Fsp3) is 0.324. The van der Waals surface area contributed by atoms with E-state index in [1.165, 1.54) is 65.7 Å². The maximum atomic E-state index is 13.5. The molecule has 0 unspecified atom stereocenters. The standard InChI is InChI=1S/C37H40N4O9S2/c1-21(42)18-41(19-23-15-28(22(2)43)51-20-23)31(44)30-16-25-11-14-27(17-29(25)52-30)48-32(45)24-9-12-26(13-10-24)38-33(39-34(46)49-36(3,4)5)40-35(47)50-37(6,7)8/h9-17,20H,18-19H2,1-8H3,(H2,38,39,40,46,47). The first kappa shape index (κ1) is 39.4. The Labute approximate surface area is 309 Å². The van der Waals surface area contributed by atoms with Crippen LogP contribution in [0.5, 0.6) is 5.75 Å². The highest BCUT2D eigenvalue weighted by Gasteiger charge is 2.23. The minimum absolute atomic E-state index is 0.0687. The quantitative estimate of drug-likeness (QED) is 0.0574. The normalized spacial score (nSPS) is 11.3. The second kappa shape index (κ2) is 16.3. The molecule has 0 aliphatic carbocycles. The Morgan fingerprint density at radius 2 is 1.40 bits per heavy atom. The van der Waals surface area contributed by atoms with Crippen molar-refractivity contribution in [2.45, 2.75) is 73.1 Å². The van der Waals surface area contributed by atoms with E-state index in [1.54, 1.807) is 77.3 Å². The van der Waals surface area contributed by atoms with Crippen LogP contribution in [0, 0.1) is 0 Å². The monoisotopic (exact) mass is 748 g/mol. The van der Waals surface area contributed by atoms with Gasteiger partial charge in [0.05, 0.1) is 27.5 Å². The zero-order chi connectivity index (χ0) is 38.4. The number of ketones is 2. The van der Waals surface area contributed by atoms with Crippen LogP contribution in [0.4, 0.5) is 15.3 Å². The fourth-order valence-electron chi connectivity index (χ4n) is 4.52. The van der Waals surface area contributed by atoms with Gasteiger partial charge in [-0.2, -0.15) is 0 Å². The van der Waals surface area contributed by atoms with Crippen molar-refractivity contribution in [3.05, 3.63) is 80.9 Å². The van der Waals surface area contributed by atoms with Gasteiger partial charge in [0.2, 0.25) is 5.96 Å². The fourth-order valence-corrected chi connectivity index (χ4v) is 6.39. The van der Waals surface area contributed by atoms with Crippen LogP contribution in [0.15, 0.2) is 65.0 Å². The summed E-state index contributed by atoms with van der Waals surface area (Å²) in [6.45, 7) is 13.1. The molecule has 0 atom stereocenters. The van der Waals surface area contributed by atoms with Crippen molar-refractivity contribution in [2.24, 2.45) is 4.99 Å². The van der Waals surface area contributed by atoms with E-state index >= 15 is 0 Å². The van der Waals surface area contributed by atoms with Crippen molar-refractivity contribution in [3.8, 4) is 5.75 Å². The number of carbonyl (C=O) groups excluding carboxylic acids is 6. The molecule has 2 heterocycles. The first-order valence-electron chi connectivity index (χ1n) is 16.1. The summed E-state index contributed by atoms with van der Waals surface area (Å²) in [5, 5.41) is 7.35. The predicted molar refractivity (Wildman–Crippen MR) is 199 cm³/mol. The molecule has 2 aromatic heterocycles. The van der Waals surface area contributed by atoms with Gasteiger partial charge in [-0.3, -0.25) is 25.0 Å². The van der Waals surface area contributed by atoms with Gasteiger partial charge in [0.15, 0.2) is 5.78 Å². The third-order valence-electron chi connectivity index (χ3n) is 6.57. The summed E-state index contributed by atoms with van der Waals surface area (Å²) in [5.41, 5.74) is -0.364. The molecule has 0 aliphatic rings. The second-order valence-electron chi connectivity index (χ2n) is 13.7. The Morgan fingerprint density at radius 1 is 0.788 bits per heavy atom. The number of guanidine groups is 1. The van der Waals surface area contributed by atoms with Gasteiger partial charge in [-0.25, -0.2) is 19.4 Å². The molecule has 3 amide bonds. The molecule has 0 fully saturated rings. The molecule has 274 valence electrons. The lowest BCUT2D eigenvalue weighted by Gasteiger charge is -2.22. The van der Waals surface area contributed by atoms with E-state index < -0.39 is 29.4 Å². The van der Waals surface area contributed by atoms with Gasteiger partial charge in [-0.05, 0) is 126 Å². The summed E-state index contributed by atoms with van der Waals surface area (Å²) in [4.78, 5) is 81.8. The largest absolute Gasteiger partial charge is 0.444 e. The highest BCUT2D eigenvalue weighted by atomic mass is 32.1. The van der Waals surface area contributed by atoms with Gasteiger partial charge < -0.3 is 19.1 Å². The highest BCUT2D eigenvalue weighted by Crippen LogP contribution is 2.31. The van der Waals surface area contributed by atoms with Gasteiger partial charge >= 0.3 is 18.2 Å². The number of rotatable bonds is 9. The third-order valence-corrected chi connectivity index (χ3v) is 8.74. The summed E-state index contributed by atoms with van der Waals surface area (Å²) < 4.78 is 16.8. The number of amides is 3. The van der Waals surface area contributed by atoms with Crippen molar-refractivity contribution in [1.29, 1.82) is 0 Å². The lowest BCUT2D eigenvalue weighted by molar-refractivity contribution is -0.117. The molecule has 52 heavy (non-hydrogen) atoms. The molecular formula is C37H40N4O9S2. The Kier molecular flexibility index (Phi) is 12.3. The van der Waals surface area contributed by atoms with Crippen molar-refractivity contribution in [1.82, 2.24) is 15.5 Å². The van der Waals surface area contributed by atoms with Crippen LogP contribution in [0.3, 0.4) is 0 Å². The number of benzene rings is 2. The van der Waals surface area contributed by atoms with E-state index in [4.69, 9.17) is 14.2 Å². The molecule has 0 aliphatic heterocycles. The van der Waals surface area contributed by atoms with Gasteiger partial charge in [0, 0.05) is 11.2 Å². The summed E-state index contributed by atoms with van der Waals surface area (Å²) in [6, 6.07) is 14.4. The van der Waals surface area contributed by atoms with Crippen LogP contribution >= 0.6 is 22.7 Å². The minimum atomic E-state index is -0.849. The van der Waals surface area contributed by atoms with Gasteiger partial charge in [-0.1, -0.05) is 0 Å². The number of nitrogens with zero attached hydrogens (tertiary/aromatic N) is 2. The summed E-state index contributed by atoms with van der Waals surface area (Å²) in [5.74, 6) is -1.24. The minimum Gasteiger partial charge on any atom is -0.444 e. The zero-order valence-corrected chi connectivity index (χ0v) is 31.7. The maximum absolute atomic E-state index is 13.5. The smallest absolute Gasteiger partial charge is 0.414 e. The lowest BCUT2D eigenvalue weighted by Crippen LogP contribution is -2.47. The summed E-state index contributed by atoms with van der Waals surface area (Å²) in [7, 11) is 0. The summed E-state index contributed by atoms with van der Waals surface area (Å²) in [6.07, 6.45) is -1.70. The average molecular weight is 749 g/mol. The van der Waals surface area contributed by atoms with Gasteiger partial charge in [0.1, 0.15) is 22.7 Å². The Balaban J connectivity index is 1.47. The third kappa shape index (κ3) is 11.8. The van der Waals surface area contributed by atoms with E-state index in [9.17, 15) is 28.8 Å². The van der Waals surface area contributed by atoms with E-state index in [-0.39, 0.29) is 53.5 Å². The molecule has 4 aromatic rings. The molecule has 4 rings (SSSR count). The number of Topliss-reactive ketones (excluding diaryl/α,β-unsaturated/α-hetero) is 2. The van der Waals surface area contributed by atoms with Gasteiger partial charge in [0.25, 0.3) is 5.91 Å². The molecular weight excluding hydrogens is 709 g/mol. The van der Waals surface area contributed by atoms with Crippen molar-refractivity contribution >= 4 is 80.0 Å². The number of fused-ring (bicyclic) bond motifs is 1. The molecule has 0 saturated heterocycles. The van der Waals surface area contributed by atoms with E-state index in [1.807, 2.05) is 0 Å². The number of alkyl carbamates (subject to hydrolysis) is 2. The van der Waals surface area contributed by atoms with Crippen molar-refractivity contribution in [2.75, 3.05) is 6.54 Å². The molecule has 13 nitrogen and oxygen atoms in total. The summed E-state index contributed by atoms with van der Waals surface area (Å²) >= 11 is 2.49. The molecule has 0 saturated carbocycles. The second-order valence-corrected chi connectivity index (χ2v) is 15.7. The lowest BCUT2D eigenvalue weighted by atomic mass is 10.2. The molecule has 0 spiro atoms. The topological polar surface area (TPSA) is 170 Å². The van der Waals surface area contributed by atoms with E-state index in [2.05, 4.69) is 15.6 Å².